The third-order valence-corrected chi connectivity index (χ3v) is 3.88. The SMILES string of the molecule is CCCC1(C(=O)O)CCCN(C(=O)CCNCC)C1. The summed E-state index contributed by atoms with van der Waals surface area (Å²) in [7, 11) is 0. The van der Waals surface area contributed by atoms with Gasteiger partial charge in [-0.15, -0.1) is 0 Å². The Labute approximate surface area is 115 Å². The number of hydrogen-bond acceptors (Lipinski definition) is 3. The van der Waals surface area contributed by atoms with Gasteiger partial charge in [0.2, 0.25) is 5.91 Å². The number of carbonyl (C=O) groups excluding carboxylic acids is 1. The van der Waals surface area contributed by atoms with Gasteiger partial charge in [0, 0.05) is 26.1 Å². The summed E-state index contributed by atoms with van der Waals surface area (Å²) in [6, 6.07) is 0. The second-order valence-electron chi connectivity index (χ2n) is 5.36. The Kier molecular flexibility index (Phi) is 6.28. The van der Waals surface area contributed by atoms with Crippen LogP contribution < -0.4 is 5.32 Å². The average Bonchev–Trinajstić information content (AvgIpc) is 2.39. The minimum atomic E-state index is -0.751. The number of carbonyl (C=O) groups is 2. The van der Waals surface area contributed by atoms with Crippen molar-refractivity contribution < 1.29 is 14.7 Å². The molecule has 0 aromatic rings. The number of hydrogen-bond donors (Lipinski definition) is 2. The van der Waals surface area contributed by atoms with Crippen molar-refractivity contribution in [3.63, 3.8) is 0 Å². The highest BCUT2D eigenvalue weighted by atomic mass is 16.4. The quantitative estimate of drug-likeness (QED) is 0.688. The topological polar surface area (TPSA) is 69.6 Å². The maximum Gasteiger partial charge on any atom is 0.311 e. The molecule has 2 N–H and O–H groups in total. The van der Waals surface area contributed by atoms with Crippen LogP contribution in [0, 0.1) is 5.41 Å². The zero-order chi connectivity index (χ0) is 14.3. The minimum absolute atomic E-state index is 0.0716. The van der Waals surface area contributed by atoms with Crippen molar-refractivity contribution in [3.05, 3.63) is 0 Å². The van der Waals surface area contributed by atoms with Gasteiger partial charge in [-0.3, -0.25) is 9.59 Å². The van der Waals surface area contributed by atoms with Gasteiger partial charge in [-0.2, -0.15) is 0 Å². The van der Waals surface area contributed by atoms with Crippen LogP contribution in [0.15, 0.2) is 0 Å². The Bertz CT molecular complexity index is 316. The van der Waals surface area contributed by atoms with Gasteiger partial charge >= 0.3 is 5.97 Å². The van der Waals surface area contributed by atoms with E-state index in [9.17, 15) is 14.7 Å². The van der Waals surface area contributed by atoms with Gasteiger partial charge in [0.1, 0.15) is 0 Å². The Balaban J connectivity index is 2.61. The Morgan fingerprint density at radius 3 is 2.68 bits per heavy atom. The smallest absolute Gasteiger partial charge is 0.311 e. The average molecular weight is 270 g/mol. The Morgan fingerprint density at radius 2 is 2.11 bits per heavy atom. The number of carboxylic acids is 1. The summed E-state index contributed by atoms with van der Waals surface area (Å²) < 4.78 is 0. The molecule has 1 atom stereocenters. The number of amides is 1. The summed E-state index contributed by atoms with van der Waals surface area (Å²) in [4.78, 5) is 25.4. The lowest BCUT2D eigenvalue weighted by molar-refractivity contribution is -0.155. The van der Waals surface area contributed by atoms with Crippen molar-refractivity contribution in [2.24, 2.45) is 5.41 Å². The number of piperidine rings is 1. The molecule has 1 fully saturated rings. The van der Waals surface area contributed by atoms with Crippen LogP contribution >= 0.6 is 0 Å². The standard InChI is InChI=1S/C14H26N2O3/c1-3-7-14(13(18)19)8-5-10-16(11-14)12(17)6-9-15-4-2/h15H,3-11H2,1-2H3,(H,18,19). The second-order valence-corrected chi connectivity index (χ2v) is 5.36. The molecule has 0 bridgehead atoms. The van der Waals surface area contributed by atoms with Crippen LogP contribution in [0.25, 0.3) is 0 Å². The molecule has 0 saturated carbocycles. The molecule has 0 spiro atoms. The van der Waals surface area contributed by atoms with Crippen molar-refractivity contribution >= 4 is 11.9 Å². The normalized spacial score (nSPS) is 23.4. The fraction of sp³-hybridized carbons (Fsp3) is 0.857. The summed E-state index contributed by atoms with van der Waals surface area (Å²) in [6.07, 6.45) is 3.42. The van der Waals surface area contributed by atoms with E-state index in [0.717, 1.165) is 19.4 Å². The minimum Gasteiger partial charge on any atom is -0.481 e. The van der Waals surface area contributed by atoms with Crippen molar-refractivity contribution in [1.29, 1.82) is 0 Å². The van der Waals surface area contributed by atoms with E-state index in [1.165, 1.54) is 0 Å². The van der Waals surface area contributed by atoms with E-state index >= 15 is 0 Å². The monoisotopic (exact) mass is 270 g/mol. The second kappa shape index (κ2) is 7.48. The van der Waals surface area contributed by atoms with Gasteiger partial charge in [0.25, 0.3) is 0 Å². The molecule has 1 saturated heterocycles. The highest BCUT2D eigenvalue weighted by molar-refractivity contribution is 5.79. The first-order valence-electron chi connectivity index (χ1n) is 7.27. The van der Waals surface area contributed by atoms with Gasteiger partial charge in [-0.05, 0) is 25.8 Å². The van der Waals surface area contributed by atoms with Crippen molar-refractivity contribution in [2.75, 3.05) is 26.2 Å². The molecule has 1 amide bonds. The molecule has 0 aromatic carbocycles. The third kappa shape index (κ3) is 4.20. The molecule has 0 aromatic heterocycles. The van der Waals surface area contributed by atoms with Gasteiger partial charge < -0.3 is 15.3 Å². The Morgan fingerprint density at radius 1 is 1.37 bits per heavy atom. The van der Waals surface area contributed by atoms with Crippen molar-refractivity contribution in [1.82, 2.24) is 10.2 Å². The lowest BCUT2D eigenvalue weighted by Gasteiger charge is -2.40. The van der Waals surface area contributed by atoms with E-state index < -0.39 is 11.4 Å². The fourth-order valence-electron chi connectivity index (χ4n) is 2.84. The molecule has 19 heavy (non-hydrogen) atoms. The van der Waals surface area contributed by atoms with E-state index in [1.54, 1.807) is 4.90 Å². The lowest BCUT2D eigenvalue weighted by atomic mass is 9.76. The first-order valence-corrected chi connectivity index (χ1v) is 7.27. The van der Waals surface area contributed by atoms with Crippen molar-refractivity contribution in [2.45, 2.75) is 46.0 Å². The molecule has 1 rings (SSSR count). The maximum atomic E-state index is 12.1. The predicted molar refractivity (Wildman–Crippen MR) is 74.0 cm³/mol. The molecule has 110 valence electrons. The van der Waals surface area contributed by atoms with E-state index in [-0.39, 0.29) is 5.91 Å². The number of aliphatic carboxylic acids is 1. The van der Waals surface area contributed by atoms with E-state index in [4.69, 9.17) is 0 Å². The number of nitrogens with zero attached hydrogens (tertiary/aromatic N) is 1. The largest absolute Gasteiger partial charge is 0.481 e. The molecule has 0 radical (unpaired) electrons. The van der Waals surface area contributed by atoms with Crippen LogP contribution in [0.2, 0.25) is 0 Å². The Hall–Kier alpha value is -1.10. The van der Waals surface area contributed by atoms with Crippen LogP contribution in [-0.2, 0) is 9.59 Å². The van der Waals surface area contributed by atoms with Gasteiger partial charge in [-0.25, -0.2) is 0 Å². The molecular formula is C14H26N2O3. The van der Waals surface area contributed by atoms with Crippen LogP contribution in [-0.4, -0.2) is 48.1 Å². The molecular weight excluding hydrogens is 244 g/mol. The molecule has 5 heteroatoms. The van der Waals surface area contributed by atoms with Gasteiger partial charge in [0.05, 0.1) is 5.41 Å². The lowest BCUT2D eigenvalue weighted by Crippen LogP contribution is -2.50. The number of carboxylic acid groups (broad SMARTS) is 1. The predicted octanol–water partition coefficient (Wildman–Crippen LogP) is 1.48. The summed E-state index contributed by atoms with van der Waals surface area (Å²) in [5, 5.41) is 12.6. The summed E-state index contributed by atoms with van der Waals surface area (Å²) in [5.74, 6) is -0.680. The summed E-state index contributed by atoms with van der Waals surface area (Å²) >= 11 is 0. The van der Waals surface area contributed by atoms with E-state index in [2.05, 4.69) is 5.32 Å². The molecule has 1 heterocycles. The van der Waals surface area contributed by atoms with Crippen LogP contribution in [0.3, 0.4) is 0 Å². The van der Waals surface area contributed by atoms with Crippen LogP contribution in [0.4, 0.5) is 0 Å². The van der Waals surface area contributed by atoms with Crippen molar-refractivity contribution in [3.8, 4) is 0 Å². The molecule has 1 unspecified atom stereocenters. The van der Waals surface area contributed by atoms with Gasteiger partial charge in [0.15, 0.2) is 0 Å². The van der Waals surface area contributed by atoms with Crippen LogP contribution in [0.5, 0.6) is 0 Å². The zero-order valence-corrected chi connectivity index (χ0v) is 12.1. The fourth-order valence-corrected chi connectivity index (χ4v) is 2.84. The number of likely N-dealkylation sites (tertiary alicyclic amines) is 1. The third-order valence-electron chi connectivity index (χ3n) is 3.88. The van der Waals surface area contributed by atoms with E-state index in [1.807, 2.05) is 13.8 Å². The zero-order valence-electron chi connectivity index (χ0n) is 12.1. The molecule has 0 aliphatic carbocycles. The molecule has 1 aliphatic heterocycles. The van der Waals surface area contributed by atoms with Crippen LogP contribution in [0.1, 0.15) is 46.0 Å². The summed E-state index contributed by atoms with van der Waals surface area (Å²) in [5.41, 5.74) is -0.721. The first-order chi connectivity index (χ1) is 9.05. The first kappa shape index (κ1) is 16.0. The highest BCUT2D eigenvalue weighted by Crippen LogP contribution is 2.35. The maximum absolute atomic E-state index is 12.1. The molecule has 1 aliphatic rings. The van der Waals surface area contributed by atoms with E-state index in [0.29, 0.717) is 38.9 Å². The molecule has 5 nitrogen and oxygen atoms in total. The number of rotatable bonds is 7. The summed E-state index contributed by atoms with van der Waals surface area (Å²) in [6.45, 7) is 6.59. The highest BCUT2D eigenvalue weighted by Gasteiger charge is 2.42. The van der Waals surface area contributed by atoms with Gasteiger partial charge in [-0.1, -0.05) is 20.3 Å². The number of nitrogens with one attached hydrogen (secondary N) is 1.